The lowest BCUT2D eigenvalue weighted by Crippen LogP contribution is -2.50. The number of aromatic nitrogens is 1. The Morgan fingerprint density at radius 2 is 2.00 bits per heavy atom. The molecule has 0 aromatic carbocycles. The number of nitrogens with zero attached hydrogens (tertiary/aromatic N) is 3. The van der Waals surface area contributed by atoms with Crippen LogP contribution in [0.2, 0.25) is 0 Å². The predicted octanol–water partition coefficient (Wildman–Crippen LogP) is 0.968. The minimum atomic E-state index is 0.0662. The van der Waals surface area contributed by atoms with E-state index in [1.807, 2.05) is 30.9 Å². The van der Waals surface area contributed by atoms with Crippen LogP contribution in [0.1, 0.15) is 13.8 Å². The van der Waals surface area contributed by atoms with Crippen LogP contribution in [0.25, 0.3) is 0 Å². The molecule has 1 amide bonds. The van der Waals surface area contributed by atoms with Crippen molar-refractivity contribution in [2.45, 2.75) is 13.8 Å². The summed E-state index contributed by atoms with van der Waals surface area (Å²) in [6.07, 6.45) is 1.75. The second kappa shape index (κ2) is 5.25. The van der Waals surface area contributed by atoms with Crippen molar-refractivity contribution in [2.24, 2.45) is 5.92 Å². The van der Waals surface area contributed by atoms with Crippen LogP contribution in [-0.4, -0.2) is 42.0 Å². The highest BCUT2D eigenvalue weighted by Gasteiger charge is 2.24. The lowest BCUT2D eigenvalue weighted by molar-refractivity contribution is -0.134. The molecule has 0 aliphatic carbocycles. The largest absolute Gasteiger partial charge is 0.396 e. The lowest BCUT2D eigenvalue weighted by atomic mass is 10.1. The molecular weight excluding hydrogens is 228 g/mol. The number of anilines is 2. The van der Waals surface area contributed by atoms with Crippen molar-refractivity contribution >= 4 is 17.4 Å². The van der Waals surface area contributed by atoms with Gasteiger partial charge in [0.2, 0.25) is 5.91 Å². The predicted molar refractivity (Wildman–Crippen MR) is 72.3 cm³/mol. The third-order valence-corrected chi connectivity index (χ3v) is 3.20. The van der Waals surface area contributed by atoms with Crippen molar-refractivity contribution in [1.82, 2.24) is 9.88 Å². The van der Waals surface area contributed by atoms with Crippen molar-refractivity contribution in [3.05, 3.63) is 18.3 Å². The van der Waals surface area contributed by atoms with Crippen molar-refractivity contribution in [1.29, 1.82) is 0 Å². The fourth-order valence-corrected chi connectivity index (χ4v) is 2.18. The van der Waals surface area contributed by atoms with E-state index in [0.29, 0.717) is 5.69 Å². The zero-order chi connectivity index (χ0) is 13.1. The van der Waals surface area contributed by atoms with Gasteiger partial charge in [-0.05, 0) is 12.1 Å². The second-order valence-corrected chi connectivity index (χ2v) is 4.88. The normalized spacial score (nSPS) is 16.2. The first-order valence-electron chi connectivity index (χ1n) is 6.34. The number of hydrogen-bond donors (Lipinski definition) is 1. The van der Waals surface area contributed by atoms with Crippen molar-refractivity contribution < 1.29 is 4.79 Å². The van der Waals surface area contributed by atoms with Gasteiger partial charge < -0.3 is 15.5 Å². The number of carbonyl (C=O) groups is 1. The van der Waals surface area contributed by atoms with Crippen LogP contribution >= 0.6 is 0 Å². The summed E-state index contributed by atoms with van der Waals surface area (Å²) in [4.78, 5) is 20.2. The maximum atomic E-state index is 11.9. The molecule has 2 rings (SSSR count). The molecule has 0 spiro atoms. The van der Waals surface area contributed by atoms with Crippen LogP contribution in [-0.2, 0) is 4.79 Å². The molecule has 5 heteroatoms. The molecule has 1 aliphatic heterocycles. The Kier molecular flexibility index (Phi) is 3.69. The maximum Gasteiger partial charge on any atom is 0.225 e. The molecule has 1 aromatic rings. The Morgan fingerprint density at radius 3 is 2.56 bits per heavy atom. The summed E-state index contributed by atoms with van der Waals surface area (Å²) in [6.45, 7) is 6.94. The standard InChI is InChI=1S/C13H20N4O/c1-10(2)13(18)17-8-6-16(7-9-17)12-11(14)4-3-5-15-12/h3-5,10H,6-9,14H2,1-2H3. The minimum absolute atomic E-state index is 0.0662. The summed E-state index contributed by atoms with van der Waals surface area (Å²) in [5, 5.41) is 0. The van der Waals surface area contributed by atoms with Crippen LogP contribution in [0.5, 0.6) is 0 Å². The molecule has 1 aliphatic rings. The van der Waals surface area contributed by atoms with Crippen molar-refractivity contribution in [3.63, 3.8) is 0 Å². The van der Waals surface area contributed by atoms with Gasteiger partial charge in [0, 0.05) is 38.3 Å². The first-order valence-corrected chi connectivity index (χ1v) is 6.34. The van der Waals surface area contributed by atoms with E-state index >= 15 is 0 Å². The Morgan fingerprint density at radius 1 is 1.33 bits per heavy atom. The lowest BCUT2D eigenvalue weighted by Gasteiger charge is -2.36. The molecule has 5 nitrogen and oxygen atoms in total. The highest BCUT2D eigenvalue weighted by Crippen LogP contribution is 2.20. The monoisotopic (exact) mass is 248 g/mol. The van der Waals surface area contributed by atoms with E-state index in [4.69, 9.17) is 5.73 Å². The molecule has 0 atom stereocenters. The molecule has 0 saturated carbocycles. The van der Waals surface area contributed by atoms with Crippen LogP contribution in [0, 0.1) is 5.92 Å². The van der Waals surface area contributed by atoms with Crippen LogP contribution in [0.4, 0.5) is 11.5 Å². The Balaban J connectivity index is 1.99. The molecule has 1 saturated heterocycles. The van der Waals surface area contributed by atoms with Gasteiger partial charge in [-0.25, -0.2) is 4.98 Å². The fraction of sp³-hybridized carbons (Fsp3) is 0.538. The number of pyridine rings is 1. The van der Waals surface area contributed by atoms with Crippen LogP contribution in [0.3, 0.4) is 0 Å². The summed E-state index contributed by atoms with van der Waals surface area (Å²) in [5.74, 6) is 1.12. The molecule has 18 heavy (non-hydrogen) atoms. The first kappa shape index (κ1) is 12.7. The van der Waals surface area contributed by atoms with E-state index in [1.54, 1.807) is 6.20 Å². The van der Waals surface area contributed by atoms with Gasteiger partial charge in [-0.3, -0.25) is 4.79 Å². The van der Waals surface area contributed by atoms with Gasteiger partial charge >= 0.3 is 0 Å². The van der Waals surface area contributed by atoms with Gasteiger partial charge in [0.05, 0.1) is 5.69 Å². The molecule has 1 fully saturated rings. The highest BCUT2D eigenvalue weighted by atomic mass is 16.2. The van der Waals surface area contributed by atoms with Crippen molar-refractivity contribution in [3.8, 4) is 0 Å². The first-order chi connectivity index (χ1) is 8.59. The van der Waals surface area contributed by atoms with Gasteiger partial charge in [0.15, 0.2) is 5.82 Å². The van der Waals surface area contributed by atoms with Gasteiger partial charge in [0.1, 0.15) is 0 Å². The highest BCUT2D eigenvalue weighted by molar-refractivity contribution is 5.78. The number of rotatable bonds is 2. The minimum Gasteiger partial charge on any atom is -0.396 e. The van der Waals surface area contributed by atoms with E-state index in [9.17, 15) is 4.79 Å². The third kappa shape index (κ3) is 2.55. The summed E-state index contributed by atoms with van der Waals surface area (Å²) in [5.41, 5.74) is 6.60. The zero-order valence-electron chi connectivity index (χ0n) is 11.0. The molecule has 2 heterocycles. The van der Waals surface area contributed by atoms with Crippen molar-refractivity contribution in [2.75, 3.05) is 36.8 Å². The van der Waals surface area contributed by atoms with E-state index in [-0.39, 0.29) is 11.8 Å². The molecule has 2 N–H and O–H groups in total. The topological polar surface area (TPSA) is 62.5 Å². The van der Waals surface area contributed by atoms with Gasteiger partial charge in [-0.2, -0.15) is 0 Å². The second-order valence-electron chi connectivity index (χ2n) is 4.88. The van der Waals surface area contributed by atoms with E-state index in [2.05, 4.69) is 9.88 Å². The van der Waals surface area contributed by atoms with E-state index in [0.717, 1.165) is 32.0 Å². The molecular formula is C13H20N4O. The summed E-state index contributed by atoms with van der Waals surface area (Å²) in [6, 6.07) is 3.69. The fourth-order valence-electron chi connectivity index (χ4n) is 2.18. The quantitative estimate of drug-likeness (QED) is 0.847. The smallest absolute Gasteiger partial charge is 0.225 e. The average molecular weight is 248 g/mol. The molecule has 0 radical (unpaired) electrons. The number of amides is 1. The maximum absolute atomic E-state index is 11.9. The molecule has 0 unspecified atom stereocenters. The Hall–Kier alpha value is -1.78. The van der Waals surface area contributed by atoms with Gasteiger partial charge in [-0.1, -0.05) is 13.8 Å². The van der Waals surface area contributed by atoms with Gasteiger partial charge in [0.25, 0.3) is 0 Å². The molecule has 98 valence electrons. The number of hydrogen-bond acceptors (Lipinski definition) is 4. The number of carbonyl (C=O) groups excluding carboxylic acids is 1. The van der Waals surface area contributed by atoms with E-state index < -0.39 is 0 Å². The Bertz CT molecular complexity index is 425. The van der Waals surface area contributed by atoms with Gasteiger partial charge in [-0.15, -0.1) is 0 Å². The number of nitrogen functional groups attached to an aromatic ring is 1. The third-order valence-electron chi connectivity index (χ3n) is 3.20. The number of piperazine rings is 1. The Labute approximate surface area is 108 Å². The van der Waals surface area contributed by atoms with Crippen LogP contribution < -0.4 is 10.6 Å². The summed E-state index contributed by atoms with van der Waals surface area (Å²) >= 11 is 0. The van der Waals surface area contributed by atoms with E-state index in [1.165, 1.54) is 0 Å². The number of nitrogens with two attached hydrogens (primary N) is 1. The zero-order valence-corrected chi connectivity index (χ0v) is 11.0. The average Bonchev–Trinajstić information content (AvgIpc) is 2.38. The molecule has 1 aromatic heterocycles. The summed E-state index contributed by atoms with van der Waals surface area (Å²) in [7, 11) is 0. The molecule has 0 bridgehead atoms. The van der Waals surface area contributed by atoms with Crippen LogP contribution in [0.15, 0.2) is 18.3 Å². The SMILES string of the molecule is CC(C)C(=O)N1CCN(c2ncccc2N)CC1. The summed E-state index contributed by atoms with van der Waals surface area (Å²) < 4.78 is 0.